The highest BCUT2D eigenvalue weighted by molar-refractivity contribution is 5.26. The van der Waals surface area contributed by atoms with Crippen LogP contribution in [0.3, 0.4) is 0 Å². The summed E-state index contributed by atoms with van der Waals surface area (Å²) in [7, 11) is 0. The minimum Gasteiger partial charge on any atom is -0.273 e. The minimum absolute atomic E-state index is 0.278. The van der Waals surface area contributed by atoms with Crippen LogP contribution in [-0.4, -0.2) is 17.9 Å². The van der Waals surface area contributed by atoms with Gasteiger partial charge in [0.25, 0.3) is 0 Å². The Kier molecular flexibility index (Phi) is 2.60. The molecule has 88 valence electrons. The first kappa shape index (κ1) is 10.7. The molecule has 2 saturated heterocycles. The largest absolute Gasteiger partial charge is 0.273 e. The second-order valence-corrected chi connectivity index (χ2v) is 4.52. The summed E-state index contributed by atoms with van der Waals surface area (Å²) in [4.78, 5) is 11.1. The van der Waals surface area contributed by atoms with E-state index < -0.39 is 6.10 Å². The molecular formula is C13H14N2O2. The van der Waals surface area contributed by atoms with Crippen LogP contribution in [-0.2, 0) is 15.2 Å². The van der Waals surface area contributed by atoms with Crippen LogP contribution in [0.5, 0.6) is 0 Å². The van der Waals surface area contributed by atoms with Gasteiger partial charge in [-0.15, -0.1) is 0 Å². The molecule has 0 aliphatic carbocycles. The van der Waals surface area contributed by atoms with Crippen molar-refractivity contribution < 1.29 is 9.68 Å². The number of benzene rings is 1. The van der Waals surface area contributed by atoms with Gasteiger partial charge in [-0.1, -0.05) is 35.6 Å². The van der Waals surface area contributed by atoms with Crippen LogP contribution in [0.2, 0.25) is 0 Å². The molecule has 2 aliphatic rings. The summed E-state index contributed by atoms with van der Waals surface area (Å²) in [6.45, 7) is 0.659. The summed E-state index contributed by atoms with van der Waals surface area (Å²) >= 11 is 0. The summed E-state index contributed by atoms with van der Waals surface area (Å²) in [6.07, 6.45) is 2.23. The van der Waals surface area contributed by atoms with Crippen molar-refractivity contribution >= 4 is 0 Å². The molecule has 3 rings (SSSR count). The molecular weight excluding hydrogens is 216 g/mol. The molecule has 0 spiro atoms. The number of hydrogen-bond donors (Lipinski definition) is 0. The van der Waals surface area contributed by atoms with Gasteiger partial charge in [0, 0.05) is 6.42 Å². The van der Waals surface area contributed by atoms with Gasteiger partial charge < -0.3 is 0 Å². The van der Waals surface area contributed by atoms with Crippen LogP contribution < -0.4 is 0 Å². The molecule has 2 atom stereocenters. The second-order valence-electron chi connectivity index (χ2n) is 4.52. The first-order valence-electron chi connectivity index (χ1n) is 5.90. The third-order valence-electron chi connectivity index (χ3n) is 3.49. The molecule has 1 aromatic rings. The standard InChI is InChI=1S/C13H14N2O2/c14-10-12-9-13(11-5-2-1-3-6-11)7-4-8-16-15(13)17-12/h1-3,5-6,12H,4,7-9H2/t12-,13+/m0/s1. The molecule has 0 bridgehead atoms. The maximum absolute atomic E-state index is 9.02. The van der Waals surface area contributed by atoms with Crippen molar-refractivity contribution in [2.45, 2.75) is 30.9 Å². The Morgan fingerprint density at radius 3 is 2.94 bits per heavy atom. The molecule has 2 aliphatic heterocycles. The van der Waals surface area contributed by atoms with Crippen molar-refractivity contribution in [2.24, 2.45) is 0 Å². The average molecular weight is 230 g/mol. The van der Waals surface area contributed by atoms with E-state index in [1.807, 2.05) is 18.2 Å². The predicted octanol–water partition coefficient (Wildman–Crippen LogP) is 2.14. The first-order valence-corrected chi connectivity index (χ1v) is 5.90. The zero-order chi connectivity index (χ0) is 11.7. The van der Waals surface area contributed by atoms with Crippen LogP contribution in [0.4, 0.5) is 0 Å². The van der Waals surface area contributed by atoms with E-state index in [0.29, 0.717) is 13.0 Å². The third kappa shape index (κ3) is 1.64. The molecule has 0 N–H and O–H groups in total. The van der Waals surface area contributed by atoms with Crippen molar-refractivity contribution in [2.75, 3.05) is 6.61 Å². The van der Waals surface area contributed by atoms with E-state index in [9.17, 15) is 0 Å². The Bertz CT molecular complexity index is 442. The van der Waals surface area contributed by atoms with Crippen molar-refractivity contribution in [1.29, 1.82) is 5.26 Å². The van der Waals surface area contributed by atoms with E-state index >= 15 is 0 Å². The number of hydroxylamine groups is 2. The van der Waals surface area contributed by atoms with E-state index in [0.717, 1.165) is 18.4 Å². The molecule has 0 saturated carbocycles. The summed E-state index contributed by atoms with van der Waals surface area (Å²) in [5.74, 6) is 0. The Labute approximate surface area is 100 Å². The Hall–Kier alpha value is -1.41. The fourth-order valence-electron chi connectivity index (χ4n) is 2.68. The lowest BCUT2D eigenvalue weighted by atomic mass is 9.82. The van der Waals surface area contributed by atoms with Gasteiger partial charge in [0.1, 0.15) is 5.54 Å². The maximum atomic E-state index is 9.02. The molecule has 17 heavy (non-hydrogen) atoms. The highest BCUT2D eigenvalue weighted by Crippen LogP contribution is 2.46. The molecule has 0 amide bonds. The molecule has 2 heterocycles. The lowest BCUT2D eigenvalue weighted by Crippen LogP contribution is -2.44. The quantitative estimate of drug-likeness (QED) is 0.741. The normalized spacial score (nSPS) is 33.0. The third-order valence-corrected chi connectivity index (χ3v) is 3.49. The van der Waals surface area contributed by atoms with Gasteiger partial charge in [-0.25, -0.2) is 0 Å². The van der Waals surface area contributed by atoms with Gasteiger partial charge in [-0.2, -0.15) is 5.26 Å². The number of hydrogen-bond acceptors (Lipinski definition) is 4. The SMILES string of the molecule is N#C[C@@H]1C[C@@]2(c3ccccc3)CCCON2O1. The number of nitriles is 1. The van der Waals surface area contributed by atoms with E-state index in [1.165, 1.54) is 0 Å². The molecule has 4 nitrogen and oxygen atoms in total. The topological polar surface area (TPSA) is 45.5 Å². The van der Waals surface area contributed by atoms with Crippen molar-refractivity contribution in [3.8, 4) is 6.07 Å². The molecule has 1 aromatic carbocycles. The van der Waals surface area contributed by atoms with Gasteiger partial charge in [-0.3, -0.25) is 9.68 Å². The maximum Gasteiger partial charge on any atom is 0.170 e. The van der Waals surface area contributed by atoms with Gasteiger partial charge in [0.15, 0.2) is 6.10 Å². The smallest absolute Gasteiger partial charge is 0.170 e. The van der Waals surface area contributed by atoms with E-state index in [-0.39, 0.29) is 5.54 Å². The van der Waals surface area contributed by atoms with E-state index in [4.69, 9.17) is 14.9 Å². The highest BCUT2D eigenvalue weighted by Gasteiger charge is 2.51. The number of fused-ring (bicyclic) bond motifs is 1. The molecule has 0 radical (unpaired) electrons. The lowest BCUT2D eigenvalue weighted by molar-refractivity contribution is -0.404. The first-order chi connectivity index (χ1) is 8.35. The fourth-order valence-corrected chi connectivity index (χ4v) is 2.68. The predicted molar refractivity (Wildman–Crippen MR) is 60.2 cm³/mol. The van der Waals surface area contributed by atoms with Crippen molar-refractivity contribution in [3.63, 3.8) is 0 Å². The number of nitrogens with zero attached hydrogens (tertiary/aromatic N) is 2. The van der Waals surface area contributed by atoms with Crippen LogP contribution >= 0.6 is 0 Å². The highest BCUT2D eigenvalue weighted by atomic mass is 17.0. The lowest BCUT2D eigenvalue weighted by Gasteiger charge is -2.38. The Morgan fingerprint density at radius 1 is 1.35 bits per heavy atom. The molecule has 4 heteroatoms. The molecule has 0 aromatic heterocycles. The molecule has 0 unspecified atom stereocenters. The van der Waals surface area contributed by atoms with Gasteiger partial charge in [0.2, 0.25) is 0 Å². The van der Waals surface area contributed by atoms with E-state index in [1.54, 1.807) is 5.23 Å². The van der Waals surface area contributed by atoms with Crippen molar-refractivity contribution in [3.05, 3.63) is 35.9 Å². The van der Waals surface area contributed by atoms with Crippen LogP contribution in [0.25, 0.3) is 0 Å². The van der Waals surface area contributed by atoms with Crippen LogP contribution in [0.1, 0.15) is 24.8 Å². The van der Waals surface area contributed by atoms with E-state index in [2.05, 4.69) is 18.2 Å². The average Bonchev–Trinajstić information content (AvgIpc) is 2.79. The van der Waals surface area contributed by atoms with Crippen LogP contribution in [0, 0.1) is 11.3 Å². The van der Waals surface area contributed by atoms with Crippen molar-refractivity contribution in [1.82, 2.24) is 5.23 Å². The summed E-state index contributed by atoms with van der Waals surface area (Å²) in [5.41, 5.74) is 0.886. The molecule has 2 fully saturated rings. The van der Waals surface area contributed by atoms with Gasteiger partial charge in [-0.05, 0) is 18.4 Å². The zero-order valence-electron chi connectivity index (χ0n) is 9.50. The number of rotatable bonds is 1. The summed E-state index contributed by atoms with van der Waals surface area (Å²) in [6, 6.07) is 12.3. The summed E-state index contributed by atoms with van der Waals surface area (Å²) in [5, 5.41) is 10.6. The Morgan fingerprint density at radius 2 is 2.18 bits per heavy atom. The van der Waals surface area contributed by atoms with Gasteiger partial charge in [0.05, 0.1) is 12.7 Å². The van der Waals surface area contributed by atoms with Crippen LogP contribution in [0.15, 0.2) is 30.3 Å². The summed E-state index contributed by atoms with van der Waals surface area (Å²) < 4.78 is 0. The fraction of sp³-hybridized carbons (Fsp3) is 0.462. The Balaban J connectivity index is 2.00. The second kappa shape index (κ2) is 4.11. The minimum atomic E-state index is -0.409. The zero-order valence-corrected chi connectivity index (χ0v) is 9.50. The monoisotopic (exact) mass is 230 g/mol. The van der Waals surface area contributed by atoms with Gasteiger partial charge >= 0.3 is 0 Å².